The molecule has 0 amide bonds. The highest BCUT2D eigenvalue weighted by molar-refractivity contribution is 5.34. The lowest BCUT2D eigenvalue weighted by atomic mass is 9.95. The van der Waals surface area contributed by atoms with Crippen molar-refractivity contribution in [2.75, 3.05) is 13.7 Å². The fraction of sp³-hybridized carbons (Fsp3) is 0.462. The molecule has 0 heterocycles. The SMILES string of the molecule is COCC1(c2ccc(CC#N)cc2)CC1. The molecule has 0 unspecified atom stereocenters. The van der Waals surface area contributed by atoms with Crippen LogP contribution in [0.25, 0.3) is 0 Å². The number of rotatable bonds is 4. The van der Waals surface area contributed by atoms with Crippen LogP contribution in [0.5, 0.6) is 0 Å². The number of methoxy groups -OCH3 is 1. The van der Waals surface area contributed by atoms with Crippen LogP contribution in [0, 0.1) is 11.3 Å². The average Bonchev–Trinajstić information content (AvgIpc) is 3.01. The highest BCUT2D eigenvalue weighted by Gasteiger charge is 2.44. The Bertz CT molecular complexity index is 371. The van der Waals surface area contributed by atoms with Gasteiger partial charge in [-0.3, -0.25) is 0 Å². The van der Waals surface area contributed by atoms with Gasteiger partial charge in [0.25, 0.3) is 0 Å². The van der Waals surface area contributed by atoms with E-state index in [0.29, 0.717) is 6.42 Å². The third-order valence-electron chi connectivity index (χ3n) is 3.12. The van der Waals surface area contributed by atoms with Crippen LogP contribution in [0.4, 0.5) is 0 Å². The van der Waals surface area contributed by atoms with Crippen LogP contribution in [0.15, 0.2) is 24.3 Å². The second-order valence-electron chi connectivity index (χ2n) is 4.25. The summed E-state index contributed by atoms with van der Waals surface area (Å²) in [4.78, 5) is 0. The first-order valence-corrected chi connectivity index (χ1v) is 5.26. The molecular formula is C13H15NO. The number of nitrogens with zero attached hydrogens (tertiary/aromatic N) is 1. The van der Waals surface area contributed by atoms with Crippen molar-refractivity contribution in [3.05, 3.63) is 35.4 Å². The van der Waals surface area contributed by atoms with Crippen molar-refractivity contribution >= 4 is 0 Å². The zero-order valence-corrected chi connectivity index (χ0v) is 8.99. The summed E-state index contributed by atoms with van der Waals surface area (Å²) in [6.07, 6.45) is 2.94. The summed E-state index contributed by atoms with van der Waals surface area (Å²) in [5.74, 6) is 0. The minimum atomic E-state index is 0.278. The van der Waals surface area contributed by atoms with Gasteiger partial charge in [0.15, 0.2) is 0 Å². The van der Waals surface area contributed by atoms with E-state index in [2.05, 4.69) is 18.2 Å². The van der Waals surface area contributed by atoms with Crippen LogP contribution >= 0.6 is 0 Å². The van der Waals surface area contributed by atoms with Gasteiger partial charge in [-0.05, 0) is 24.0 Å². The molecule has 1 fully saturated rings. The molecule has 15 heavy (non-hydrogen) atoms. The van der Waals surface area contributed by atoms with Gasteiger partial charge in [0.1, 0.15) is 0 Å². The molecule has 0 saturated heterocycles. The molecular weight excluding hydrogens is 186 g/mol. The van der Waals surface area contributed by atoms with Crippen LogP contribution in [0.1, 0.15) is 24.0 Å². The Morgan fingerprint density at radius 2 is 2.00 bits per heavy atom. The molecule has 0 bridgehead atoms. The van der Waals surface area contributed by atoms with Crippen molar-refractivity contribution in [2.45, 2.75) is 24.7 Å². The van der Waals surface area contributed by atoms with E-state index in [0.717, 1.165) is 12.2 Å². The third-order valence-corrected chi connectivity index (χ3v) is 3.12. The lowest BCUT2D eigenvalue weighted by Crippen LogP contribution is -2.13. The van der Waals surface area contributed by atoms with E-state index in [1.807, 2.05) is 12.1 Å². The Hall–Kier alpha value is -1.33. The van der Waals surface area contributed by atoms with Crippen molar-refractivity contribution in [3.63, 3.8) is 0 Å². The van der Waals surface area contributed by atoms with Crippen molar-refractivity contribution < 1.29 is 4.74 Å². The zero-order chi connectivity index (χ0) is 10.7. The predicted molar refractivity (Wildman–Crippen MR) is 58.5 cm³/mol. The average molecular weight is 201 g/mol. The van der Waals surface area contributed by atoms with Gasteiger partial charge in [-0.15, -0.1) is 0 Å². The van der Waals surface area contributed by atoms with Crippen LogP contribution in [-0.4, -0.2) is 13.7 Å². The first kappa shape index (κ1) is 10.2. The van der Waals surface area contributed by atoms with Crippen molar-refractivity contribution in [2.24, 2.45) is 0 Å². The Morgan fingerprint density at radius 3 is 2.47 bits per heavy atom. The lowest BCUT2D eigenvalue weighted by molar-refractivity contribution is 0.171. The van der Waals surface area contributed by atoms with Crippen molar-refractivity contribution in [3.8, 4) is 6.07 Å². The number of benzene rings is 1. The summed E-state index contributed by atoms with van der Waals surface area (Å²) in [7, 11) is 1.75. The molecule has 2 nitrogen and oxygen atoms in total. The van der Waals surface area contributed by atoms with Gasteiger partial charge in [-0.2, -0.15) is 5.26 Å². The van der Waals surface area contributed by atoms with E-state index >= 15 is 0 Å². The molecule has 1 aromatic carbocycles. The molecule has 0 atom stereocenters. The first-order valence-electron chi connectivity index (χ1n) is 5.26. The molecule has 0 N–H and O–H groups in total. The number of nitriles is 1. The molecule has 1 aliphatic rings. The van der Waals surface area contributed by atoms with Gasteiger partial charge >= 0.3 is 0 Å². The standard InChI is InChI=1S/C13H15NO/c1-15-10-13(7-8-13)12-4-2-11(3-5-12)6-9-14/h2-5H,6-8,10H2,1H3. The summed E-state index contributed by atoms with van der Waals surface area (Å²) in [6.45, 7) is 0.810. The fourth-order valence-corrected chi connectivity index (χ4v) is 2.01. The molecule has 1 aromatic rings. The van der Waals surface area contributed by atoms with Crippen molar-refractivity contribution in [1.82, 2.24) is 0 Å². The van der Waals surface area contributed by atoms with E-state index in [4.69, 9.17) is 10.00 Å². The second-order valence-corrected chi connectivity index (χ2v) is 4.25. The normalized spacial score (nSPS) is 17.1. The minimum absolute atomic E-state index is 0.278. The fourth-order valence-electron chi connectivity index (χ4n) is 2.01. The zero-order valence-electron chi connectivity index (χ0n) is 8.99. The number of hydrogen-bond acceptors (Lipinski definition) is 2. The van der Waals surface area contributed by atoms with Gasteiger partial charge in [0.05, 0.1) is 19.1 Å². The third kappa shape index (κ3) is 2.03. The largest absolute Gasteiger partial charge is 0.384 e. The van der Waals surface area contributed by atoms with Crippen LogP contribution < -0.4 is 0 Å². The van der Waals surface area contributed by atoms with E-state index in [9.17, 15) is 0 Å². The Labute approximate surface area is 90.5 Å². The van der Waals surface area contributed by atoms with Crippen LogP contribution in [0.3, 0.4) is 0 Å². The Morgan fingerprint density at radius 1 is 1.33 bits per heavy atom. The van der Waals surface area contributed by atoms with Gasteiger partial charge in [0.2, 0.25) is 0 Å². The summed E-state index contributed by atoms with van der Waals surface area (Å²) >= 11 is 0. The van der Waals surface area contributed by atoms with E-state index in [1.165, 1.54) is 18.4 Å². The van der Waals surface area contributed by atoms with E-state index in [-0.39, 0.29) is 5.41 Å². The molecule has 0 aliphatic heterocycles. The highest BCUT2D eigenvalue weighted by atomic mass is 16.5. The van der Waals surface area contributed by atoms with Gasteiger partial charge in [0, 0.05) is 12.5 Å². The monoisotopic (exact) mass is 201 g/mol. The maximum Gasteiger partial charge on any atom is 0.0669 e. The highest BCUT2D eigenvalue weighted by Crippen LogP contribution is 2.48. The molecule has 2 rings (SSSR count). The maximum atomic E-state index is 8.58. The van der Waals surface area contributed by atoms with Crippen LogP contribution in [0.2, 0.25) is 0 Å². The van der Waals surface area contributed by atoms with E-state index in [1.54, 1.807) is 7.11 Å². The summed E-state index contributed by atoms with van der Waals surface area (Å²) in [6, 6.07) is 10.5. The lowest BCUT2D eigenvalue weighted by Gasteiger charge is -2.14. The molecule has 1 aliphatic carbocycles. The van der Waals surface area contributed by atoms with E-state index < -0.39 is 0 Å². The number of ether oxygens (including phenoxy) is 1. The second kappa shape index (κ2) is 4.04. The smallest absolute Gasteiger partial charge is 0.0669 e. The van der Waals surface area contributed by atoms with Crippen LogP contribution in [-0.2, 0) is 16.6 Å². The Balaban J connectivity index is 2.14. The summed E-state index contributed by atoms with van der Waals surface area (Å²) < 4.78 is 5.25. The first-order chi connectivity index (χ1) is 7.30. The van der Waals surface area contributed by atoms with Gasteiger partial charge in [-0.25, -0.2) is 0 Å². The topological polar surface area (TPSA) is 33.0 Å². The predicted octanol–water partition coefficient (Wildman–Crippen LogP) is 2.43. The molecule has 0 spiro atoms. The molecule has 1 saturated carbocycles. The minimum Gasteiger partial charge on any atom is -0.384 e. The molecule has 78 valence electrons. The van der Waals surface area contributed by atoms with Gasteiger partial charge in [-0.1, -0.05) is 24.3 Å². The Kier molecular flexibility index (Phi) is 2.75. The molecule has 0 aromatic heterocycles. The molecule has 0 radical (unpaired) electrons. The molecule has 2 heteroatoms. The summed E-state index contributed by atoms with van der Waals surface area (Å²) in [5.41, 5.74) is 2.72. The maximum absolute atomic E-state index is 8.58. The summed E-state index contributed by atoms with van der Waals surface area (Å²) in [5, 5.41) is 8.58. The quantitative estimate of drug-likeness (QED) is 0.749. The van der Waals surface area contributed by atoms with Crippen molar-refractivity contribution in [1.29, 1.82) is 5.26 Å². The van der Waals surface area contributed by atoms with Gasteiger partial charge < -0.3 is 4.74 Å². The number of hydrogen-bond donors (Lipinski definition) is 0.